The van der Waals surface area contributed by atoms with Crippen LogP contribution in [0.25, 0.3) is 11.3 Å². The summed E-state index contributed by atoms with van der Waals surface area (Å²) in [6, 6.07) is 11.8. The molecule has 27 heavy (non-hydrogen) atoms. The number of rotatable bonds is 5. The Morgan fingerprint density at radius 3 is 2.52 bits per heavy atom. The number of amides is 1. The van der Waals surface area contributed by atoms with Crippen molar-refractivity contribution in [2.75, 3.05) is 5.32 Å². The Hall–Kier alpha value is -2.80. The van der Waals surface area contributed by atoms with E-state index >= 15 is 0 Å². The lowest BCUT2D eigenvalue weighted by Crippen LogP contribution is -2.16. The molecule has 4 nitrogen and oxygen atoms in total. The van der Waals surface area contributed by atoms with Gasteiger partial charge >= 0.3 is 6.18 Å². The van der Waals surface area contributed by atoms with Crippen LogP contribution in [-0.4, -0.2) is 10.9 Å². The Balaban J connectivity index is 1.61. The van der Waals surface area contributed by atoms with Crippen molar-refractivity contribution in [3.63, 3.8) is 0 Å². The van der Waals surface area contributed by atoms with Gasteiger partial charge in [-0.25, -0.2) is 4.98 Å². The standard InChI is InChI=1S/C19H14ClF3N2O2/c20-13-7-5-12(6-8-13)16-11-24-18(27-16)10-9-17(26)25-15-4-2-1-3-14(15)19(21,22)23/h1-8,11H,9-10H2,(H,25,26). The van der Waals surface area contributed by atoms with Crippen LogP contribution in [0.2, 0.25) is 5.02 Å². The second-order valence-corrected chi connectivity index (χ2v) is 6.15. The van der Waals surface area contributed by atoms with Gasteiger partial charge in [-0.15, -0.1) is 0 Å². The molecule has 0 aliphatic heterocycles. The van der Waals surface area contributed by atoms with Crippen molar-refractivity contribution in [3.05, 3.63) is 71.2 Å². The number of hydrogen-bond donors (Lipinski definition) is 1. The van der Waals surface area contributed by atoms with Crippen LogP contribution in [0.15, 0.2) is 59.1 Å². The molecule has 3 aromatic rings. The normalized spacial score (nSPS) is 11.4. The molecule has 1 heterocycles. The predicted octanol–water partition coefficient (Wildman–Crippen LogP) is 5.59. The summed E-state index contributed by atoms with van der Waals surface area (Å²) in [5.74, 6) is 0.279. The van der Waals surface area contributed by atoms with Gasteiger partial charge < -0.3 is 9.73 Å². The summed E-state index contributed by atoms with van der Waals surface area (Å²) in [5, 5.41) is 2.88. The van der Waals surface area contributed by atoms with Crippen LogP contribution in [0, 0.1) is 0 Å². The fourth-order valence-electron chi connectivity index (χ4n) is 2.45. The van der Waals surface area contributed by atoms with E-state index in [0.717, 1.165) is 11.6 Å². The first kappa shape index (κ1) is 19.0. The van der Waals surface area contributed by atoms with Gasteiger partial charge in [-0.2, -0.15) is 13.2 Å². The molecular weight excluding hydrogens is 381 g/mol. The lowest BCUT2D eigenvalue weighted by molar-refractivity contribution is -0.137. The van der Waals surface area contributed by atoms with Crippen molar-refractivity contribution in [2.24, 2.45) is 0 Å². The summed E-state index contributed by atoms with van der Waals surface area (Å²) in [4.78, 5) is 16.1. The number of hydrogen-bond acceptors (Lipinski definition) is 3. The number of anilines is 1. The largest absolute Gasteiger partial charge is 0.441 e. The summed E-state index contributed by atoms with van der Waals surface area (Å²) in [6.45, 7) is 0. The highest BCUT2D eigenvalue weighted by atomic mass is 35.5. The van der Waals surface area contributed by atoms with E-state index in [1.165, 1.54) is 24.4 Å². The number of carbonyl (C=O) groups is 1. The number of nitrogens with zero attached hydrogens (tertiary/aromatic N) is 1. The van der Waals surface area contributed by atoms with Gasteiger partial charge in [0.2, 0.25) is 5.91 Å². The first-order valence-corrected chi connectivity index (χ1v) is 8.37. The Labute approximate surface area is 158 Å². The topological polar surface area (TPSA) is 55.1 Å². The highest BCUT2D eigenvalue weighted by molar-refractivity contribution is 6.30. The molecule has 140 valence electrons. The SMILES string of the molecule is O=C(CCc1ncc(-c2ccc(Cl)cc2)o1)Nc1ccccc1C(F)(F)F. The molecule has 0 spiro atoms. The maximum absolute atomic E-state index is 13.0. The Bertz CT molecular complexity index is 937. The monoisotopic (exact) mass is 394 g/mol. The maximum atomic E-state index is 13.0. The molecule has 1 amide bonds. The second-order valence-electron chi connectivity index (χ2n) is 5.72. The fourth-order valence-corrected chi connectivity index (χ4v) is 2.57. The third-order valence-corrected chi connectivity index (χ3v) is 4.01. The van der Waals surface area contributed by atoms with E-state index in [1.807, 2.05) is 0 Å². The number of alkyl halides is 3. The van der Waals surface area contributed by atoms with Gasteiger partial charge in [-0.05, 0) is 36.4 Å². The molecule has 0 radical (unpaired) electrons. The minimum atomic E-state index is -4.54. The number of aryl methyl sites for hydroxylation is 1. The van der Waals surface area contributed by atoms with Gasteiger partial charge in [0, 0.05) is 23.4 Å². The van der Waals surface area contributed by atoms with E-state index < -0.39 is 17.6 Å². The van der Waals surface area contributed by atoms with Crippen molar-refractivity contribution in [1.29, 1.82) is 0 Å². The molecule has 1 aromatic heterocycles. The second kappa shape index (κ2) is 7.84. The summed E-state index contributed by atoms with van der Waals surface area (Å²) in [6.07, 6.45) is -2.92. The molecule has 0 aliphatic carbocycles. The molecule has 3 rings (SSSR count). The molecule has 0 unspecified atom stereocenters. The molecule has 1 N–H and O–H groups in total. The Kier molecular flexibility index (Phi) is 5.51. The summed E-state index contributed by atoms with van der Waals surface area (Å²) < 4.78 is 44.4. The van der Waals surface area contributed by atoms with Crippen LogP contribution in [-0.2, 0) is 17.4 Å². The van der Waals surface area contributed by atoms with Crippen LogP contribution >= 0.6 is 11.6 Å². The number of aromatic nitrogens is 1. The minimum absolute atomic E-state index is 0.0627. The number of para-hydroxylation sites is 1. The summed E-state index contributed by atoms with van der Waals surface area (Å²) >= 11 is 5.83. The van der Waals surface area contributed by atoms with Gasteiger partial charge in [0.25, 0.3) is 0 Å². The zero-order valence-electron chi connectivity index (χ0n) is 13.9. The third kappa shape index (κ3) is 4.89. The van der Waals surface area contributed by atoms with E-state index in [9.17, 15) is 18.0 Å². The van der Waals surface area contributed by atoms with Gasteiger partial charge in [-0.3, -0.25) is 4.79 Å². The molecular formula is C19H14ClF3N2O2. The lowest BCUT2D eigenvalue weighted by atomic mass is 10.1. The van der Waals surface area contributed by atoms with Crippen LogP contribution in [0.3, 0.4) is 0 Å². The number of benzene rings is 2. The van der Waals surface area contributed by atoms with E-state index in [2.05, 4.69) is 10.3 Å². The van der Waals surface area contributed by atoms with Crippen molar-refractivity contribution in [3.8, 4) is 11.3 Å². The van der Waals surface area contributed by atoms with Crippen LogP contribution < -0.4 is 5.32 Å². The van der Waals surface area contributed by atoms with Crippen molar-refractivity contribution in [2.45, 2.75) is 19.0 Å². The molecule has 0 atom stereocenters. The molecule has 0 bridgehead atoms. The van der Waals surface area contributed by atoms with Gasteiger partial charge in [0.15, 0.2) is 11.7 Å². The molecule has 2 aromatic carbocycles. The van der Waals surface area contributed by atoms with E-state index in [1.54, 1.807) is 24.3 Å². The smallest absolute Gasteiger partial charge is 0.418 e. The van der Waals surface area contributed by atoms with Crippen LogP contribution in [0.5, 0.6) is 0 Å². The van der Waals surface area contributed by atoms with Gasteiger partial charge in [-0.1, -0.05) is 23.7 Å². The van der Waals surface area contributed by atoms with Crippen molar-refractivity contribution in [1.82, 2.24) is 4.98 Å². The van der Waals surface area contributed by atoms with E-state index in [4.69, 9.17) is 16.0 Å². The van der Waals surface area contributed by atoms with Gasteiger partial charge in [0.1, 0.15) is 0 Å². The number of nitrogens with one attached hydrogen (secondary N) is 1. The first-order valence-electron chi connectivity index (χ1n) is 7.99. The summed E-state index contributed by atoms with van der Waals surface area (Å²) in [7, 11) is 0. The van der Waals surface area contributed by atoms with Gasteiger partial charge in [0.05, 0.1) is 17.4 Å². The molecule has 0 saturated heterocycles. The maximum Gasteiger partial charge on any atom is 0.418 e. The molecule has 0 fully saturated rings. The van der Waals surface area contributed by atoms with Crippen molar-refractivity contribution < 1.29 is 22.4 Å². The minimum Gasteiger partial charge on any atom is -0.441 e. The number of oxazole rings is 1. The van der Waals surface area contributed by atoms with Crippen molar-refractivity contribution >= 4 is 23.2 Å². The average molecular weight is 395 g/mol. The third-order valence-electron chi connectivity index (χ3n) is 3.75. The highest BCUT2D eigenvalue weighted by Crippen LogP contribution is 2.34. The first-order chi connectivity index (χ1) is 12.8. The zero-order chi connectivity index (χ0) is 19.4. The lowest BCUT2D eigenvalue weighted by Gasteiger charge is -2.13. The Morgan fingerprint density at radius 2 is 1.81 bits per heavy atom. The zero-order valence-corrected chi connectivity index (χ0v) is 14.6. The highest BCUT2D eigenvalue weighted by Gasteiger charge is 2.33. The van der Waals surface area contributed by atoms with E-state index in [-0.39, 0.29) is 18.5 Å². The molecule has 0 saturated carbocycles. The van der Waals surface area contributed by atoms with Crippen LogP contribution in [0.1, 0.15) is 17.9 Å². The van der Waals surface area contributed by atoms with E-state index in [0.29, 0.717) is 16.7 Å². The Morgan fingerprint density at radius 1 is 1.11 bits per heavy atom. The summed E-state index contributed by atoms with van der Waals surface area (Å²) in [5.41, 5.74) is -0.384. The average Bonchev–Trinajstić information content (AvgIpc) is 3.09. The quantitative estimate of drug-likeness (QED) is 0.614. The molecule has 8 heteroatoms. The predicted molar refractivity (Wildman–Crippen MR) is 95.3 cm³/mol. The number of carbonyl (C=O) groups excluding carboxylic acids is 1. The number of halogens is 4. The van der Waals surface area contributed by atoms with Crippen LogP contribution in [0.4, 0.5) is 18.9 Å². The molecule has 0 aliphatic rings. The fraction of sp³-hybridized carbons (Fsp3) is 0.158.